The van der Waals surface area contributed by atoms with Crippen molar-refractivity contribution in [1.29, 1.82) is 0 Å². The summed E-state index contributed by atoms with van der Waals surface area (Å²) in [6, 6.07) is 10.00. The minimum absolute atomic E-state index is 0.686. The molecule has 0 amide bonds. The molecule has 1 aromatic carbocycles. The second kappa shape index (κ2) is 5.42. The summed E-state index contributed by atoms with van der Waals surface area (Å²) < 4.78 is 7.73. The zero-order valence-corrected chi connectivity index (χ0v) is 12.6. The van der Waals surface area contributed by atoms with E-state index in [-0.39, 0.29) is 0 Å². The summed E-state index contributed by atoms with van der Waals surface area (Å²) in [4.78, 5) is 11.4. The number of nitrogens with zero attached hydrogens (tertiary/aromatic N) is 4. The first-order valence-electron chi connectivity index (χ1n) is 7.51. The lowest BCUT2D eigenvalue weighted by Crippen LogP contribution is -2.30. The Morgan fingerprint density at radius 3 is 2.95 bits per heavy atom. The van der Waals surface area contributed by atoms with Gasteiger partial charge in [0.15, 0.2) is 0 Å². The summed E-state index contributed by atoms with van der Waals surface area (Å²) in [5.41, 5.74) is 4.51. The van der Waals surface area contributed by atoms with Gasteiger partial charge in [-0.3, -0.25) is 4.90 Å². The van der Waals surface area contributed by atoms with Crippen molar-refractivity contribution >= 4 is 0 Å². The summed E-state index contributed by atoms with van der Waals surface area (Å²) in [6.45, 7) is 2.70. The molecule has 1 aliphatic heterocycles. The molecule has 0 atom stereocenters. The maximum absolute atomic E-state index is 5.61. The number of rotatable bonds is 3. The van der Waals surface area contributed by atoms with Crippen LogP contribution in [0.2, 0.25) is 0 Å². The minimum Gasteiger partial charge on any atom is -0.444 e. The number of oxazole rings is 1. The normalized spacial score (nSPS) is 15.0. The van der Waals surface area contributed by atoms with E-state index in [0.717, 1.165) is 37.3 Å². The lowest BCUT2D eigenvalue weighted by Gasteiger charge is -2.25. The number of aromatic nitrogens is 3. The number of imidazole rings is 1. The molecule has 0 radical (unpaired) electrons. The maximum Gasteiger partial charge on any atom is 0.226 e. The SMILES string of the molecule is Cn1cnc2c1CCN(Cc1coc(-c3ccccc3)n1)C2. The van der Waals surface area contributed by atoms with Crippen molar-refractivity contribution in [3.63, 3.8) is 0 Å². The van der Waals surface area contributed by atoms with Gasteiger partial charge < -0.3 is 8.98 Å². The van der Waals surface area contributed by atoms with Crippen LogP contribution >= 0.6 is 0 Å². The second-order valence-corrected chi connectivity index (χ2v) is 5.72. The summed E-state index contributed by atoms with van der Waals surface area (Å²) in [7, 11) is 2.06. The van der Waals surface area contributed by atoms with Gasteiger partial charge in [0.1, 0.15) is 6.26 Å². The van der Waals surface area contributed by atoms with E-state index < -0.39 is 0 Å². The van der Waals surface area contributed by atoms with E-state index in [1.807, 2.05) is 36.7 Å². The minimum atomic E-state index is 0.686. The van der Waals surface area contributed by atoms with Gasteiger partial charge in [-0.15, -0.1) is 0 Å². The zero-order valence-electron chi connectivity index (χ0n) is 12.6. The molecule has 2 aromatic heterocycles. The van der Waals surface area contributed by atoms with Crippen LogP contribution in [-0.4, -0.2) is 26.0 Å². The van der Waals surface area contributed by atoms with Gasteiger partial charge in [-0.25, -0.2) is 9.97 Å². The molecule has 22 heavy (non-hydrogen) atoms. The van der Waals surface area contributed by atoms with Crippen molar-refractivity contribution in [3.05, 3.63) is 60.0 Å². The van der Waals surface area contributed by atoms with Gasteiger partial charge in [-0.1, -0.05) is 18.2 Å². The van der Waals surface area contributed by atoms with Gasteiger partial charge in [-0.2, -0.15) is 0 Å². The van der Waals surface area contributed by atoms with Gasteiger partial charge in [0, 0.05) is 44.4 Å². The number of benzene rings is 1. The third-order valence-corrected chi connectivity index (χ3v) is 4.14. The number of aryl methyl sites for hydroxylation is 1. The lowest BCUT2D eigenvalue weighted by molar-refractivity contribution is 0.237. The Labute approximate surface area is 129 Å². The first kappa shape index (κ1) is 13.3. The molecule has 1 aliphatic rings. The van der Waals surface area contributed by atoms with Gasteiger partial charge >= 0.3 is 0 Å². The van der Waals surface area contributed by atoms with Crippen molar-refractivity contribution in [3.8, 4) is 11.5 Å². The van der Waals surface area contributed by atoms with Gasteiger partial charge in [0.25, 0.3) is 0 Å². The Morgan fingerprint density at radius 2 is 2.09 bits per heavy atom. The Morgan fingerprint density at radius 1 is 1.23 bits per heavy atom. The Balaban J connectivity index is 1.48. The van der Waals surface area contributed by atoms with Crippen molar-refractivity contribution in [2.45, 2.75) is 19.5 Å². The molecular formula is C17H18N4O. The molecular weight excluding hydrogens is 276 g/mol. The fourth-order valence-electron chi connectivity index (χ4n) is 2.97. The third kappa shape index (κ3) is 2.44. The van der Waals surface area contributed by atoms with E-state index >= 15 is 0 Å². The smallest absolute Gasteiger partial charge is 0.226 e. The van der Waals surface area contributed by atoms with Gasteiger partial charge in [0.05, 0.1) is 17.7 Å². The van der Waals surface area contributed by atoms with Crippen molar-refractivity contribution in [2.24, 2.45) is 7.05 Å². The quantitative estimate of drug-likeness (QED) is 0.745. The maximum atomic E-state index is 5.61. The average Bonchev–Trinajstić information content (AvgIpc) is 3.16. The molecule has 3 aromatic rings. The fourth-order valence-corrected chi connectivity index (χ4v) is 2.97. The van der Waals surface area contributed by atoms with Crippen LogP contribution in [0.15, 0.2) is 47.3 Å². The average molecular weight is 294 g/mol. The molecule has 0 saturated heterocycles. The number of hydrogen-bond donors (Lipinski definition) is 0. The molecule has 0 aliphatic carbocycles. The van der Waals surface area contributed by atoms with Crippen molar-refractivity contribution in [2.75, 3.05) is 6.54 Å². The summed E-state index contributed by atoms with van der Waals surface area (Å²) in [5, 5.41) is 0. The van der Waals surface area contributed by atoms with Crippen molar-refractivity contribution in [1.82, 2.24) is 19.4 Å². The first-order chi connectivity index (χ1) is 10.8. The zero-order chi connectivity index (χ0) is 14.9. The molecule has 5 nitrogen and oxygen atoms in total. The van der Waals surface area contributed by atoms with Crippen LogP contribution in [0.1, 0.15) is 17.1 Å². The van der Waals surface area contributed by atoms with Crippen molar-refractivity contribution < 1.29 is 4.42 Å². The van der Waals surface area contributed by atoms with Crippen LogP contribution in [0.25, 0.3) is 11.5 Å². The predicted molar refractivity (Wildman–Crippen MR) is 83.0 cm³/mol. The number of hydrogen-bond acceptors (Lipinski definition) is 4. The monoisotopic (exact) mass is 294 g/mol. The van der Waals surface area contributed by atoms with Crippen LogP contribution in [-0.2, 0) is 26.6 Å². The molecule has 0 spiro atoms. The van der Waals surface area contributed by atoms with E-state index in [2.05, 4.69) is 26.5 Å². The largest absolute Gasteiger partial charge is 0.444 e. The molecule has 0 fully saturated rings. The molecule has 5 heteroatoms. The van der Waals surface area contributed by atoms with E-state index in [4.69, 9.17) is 4.42 Å². The molecule has 0 bridgehead atoms. The fraction of sp³-hybridized carbons (Fsp3) is 0.294. The predicted octanol–water partition coefficient (Wildman–Crippen LogP) is 2.63. The molecule has 0 saturated carbocycles. The van der Waals surface area contributed by atoms with E-state index in [1.165, 1.54) is 11.4 Å². The highest BCUT2D eigenvalue weighted by atomic mass is 16.3. The first-order valence-corrected chi connectivity index (χ1v) is 7.51. The Hall–Kier alpha value is -2.40. The highest BCUT2D eigenvalue weighted by Crippen LogP contribution is 2.21. The topological polar surface area (TPSA) is 47.1 Å². The van der Waals surface area contributed by atoms with Crippen LogP contribution in [0, 0.1) is 0 Å². The van der Waals surface area contributed by atoms with E-state index in [9.17, 15) is 0 Å². The highest BCUT2D eigenvalue weighted by Gasteiger charge is 2.20. The molecule has 0 unspecified atom stereocenters. The molecule has 112 valence electrons. The van der Waals surface area contributed by atoms with Crippen LogP contribution in [0.4, 0.5) is 0 Å². The Kier molecular flexibility index (Phi) is 3.27. The van der Waals surface area contributed by atoms with E-state index in [1.54, 1.807) is 6.26 Å². The standard InChI is InChI=1S/C17H18N4O/c1-20-12-18-15-10-21(8-7-16(15)20)9-14-11-22-17(19-14)13-5-3-2-4-6-13/h2-6,11-12H,7-10H2,1H3. The van der Waals surface area contributed by atoms with Crippen LogP contribution in [0.5, 0.6) is 0 Å². The summed E-state index contributed by atoms with van der Waals surface area (Å²) in [6.07, 6.45) is 4.70. The molecule has 3 heterocycles. The highest BCUT2D eigenvalue weighted by molar-refractivity contribution is 5.52. The second-order valence-electron chi connectivity index (χ2n) is 5.72. The van der Waals surface area contributed by atoms with Crippen LogP contribution < -0.4 is 0 Å². The summed E-state index contributed by atoms with van der Waals surface area (Å²) in [5.74, 6) is 0.686. The third-order valence-electron chi connectivity index (χ3n) is 4.14. The lowest BCUT2D eigenvalue weighted by atomic mass is 10.1. The number of fused-ring (bicyclic) bond motifs is 1. The Bertz CT molecular complexity index is 775. The molecule has 4 rings (SSSR count). The van der Waals surface area contributed by atoms with Gasteiger partial charge in [-0.05, 0) is 12.1 Å². The van der Waals surface area contributed by atoms with E-state index in [0.29, 0.717) is 5.89 Å². The van der Waals surface area contributed by atoms with Gasteiger partial charge in [0.2, 0.25) is 5.89 Å². The summed E-state index contributed by atoms with van der Waals surface area (Å²) >= 11 is 0. The van der Waals surface area contributed by atoms with Crippen LogP contribution in [0.3, 0.4) is 0 Å². The molecule has 0 N–H and O–H groups in total.